The van der Waals surface area contributed by atoms with E-state index in [2.05, 4.69) is 31.9 Å². The highest BCUT2D eigenvalue weighted by Crippen LogP contribution is 2.38. The topological polar surface area (TPSA) is 22.0 Å². The van der Waals surface area contributed by atoms with Crippen LogP contribution in [0.1, 0.15) is 44.1 Å². The molecule has 1 fully saturated rings. The van der Waals surface area contributed by atoms with Crippen molar-refractivity contribution in [2.45, 2.75) is 52.0 Å². The Morgan fingerprint density at radius 3 is 2.47 bits per heavy atom. The highest BCUT2D eigenvalue weighted by molar-refractivity contribution is 9.10. The van der Waals surface area contributed by atoms with Crippen molar-refractivity contribution in [1.82, 2.24) is 4.57 Å². The highest BCUT2D eigenvalue weighted by atomic mass is 79.9. The Hall–Kier alpha value is -0.0900. The fourth-order valence-corrected chi connectivity index (χ4v) is 4.36. The molecule has 0 amide bonds. The molecule has 0 aromatic carbocycles. The molecule has 1 heterocycles. The maximum absolute atomic E-state index is 12.3. The molecule has 0 atom stereocenters. The second-order valence-electron chi connectivity index (χ2n) is 5.82. The van der Waals surface area contributed by atoms with Gasteiger partial charge in [0.2, 0.25) is 0 Å². The van der Waals surface area contributed by atoms with Gasteiger partial charge in [-0.25, -0.2) is 0 Å². The smallest absolute Gasteiger partial charge is 0.253 e. The van der Waals surface area contributed by atoms with E-state index in [9.17, 15) is 4.79 Å². The summed E-state index contributed by atoms with van der Waals surface area (Å²) in [6.07, 6.45) is 9.61. The molecular weight excluding hydrogens is 370 g/mol. The molecule has 2 nitrogen and oxygen atoms in total. The molecule has 1 aliphatic rings. The van der Waals surface area contributed by atoms with Crippen LogP contribution in [-0.2, 0) is 6.54 Å². The third-order valence-corrected chi connectivity index (χ3v) is 5.81. The fourth-order valence-electron chi connectivity index (χ4n) is 3.03. The van der Waals surface area contributed by atoms with Gasteiger partial charge in [0.1, 0.15) is 0 Å². The zero-order valence-corrected chi connectivity index (χ0v) is 14.6. The maximum atomic E-state index is 12.3. The van der Waals surface area contributed by atoms with Crippen LogP contribution in [0.3, 0.4) is 0 Å². The molecule has 0 bridgehead atoms. The van der Waals surface area contributed by atoms with Crippen molar-refractivity contribution in [3.63, 3.8) is 0 Å². The summed E-state index contributed by atoms with van der Waals surface area (Å²) < 4.78 is 2.88. The Morgan fingerprint density at radius 1 is 1.26 bits per heavy atom. The SMILES string of the molecule is Cc1cc(Br)cn(CC2(CBr)CCCCCC2)c1=O. The minimum Gasteiger partial charge on any atom is -0.314 e. The van der Waals surface area contributed by atoms with Gasteiger partial charge >= 0.3 is 0 Å². The molecular formula is C15H21Br2NO. The number of halogens is 2. The summed E-state index contributed by atoms with van der Waals surface area (Å²) in [7, 11) is 0. The predicted molar refractivity (Wildman–Crippen MR) is 87.1 cm³/mol. The lowest BCUT2D eigenvalue weighted by molar-refractivity contribution is 0.239. The van der Waals surface area contributed by atoms with E-state index in [1.54, 1.807) is 0 Å². The largest absolute Gasteiger partial charge is 0.314 e. The summed E-state index contributed by atoms with van der Waals surface area (Å²) >= 11 is 7.19. The van der Waals surface area contributed by atoms with Crippen LogP contribution in [0.25, 0.3) is 0 Å². The normalized spacial score (nSPS) is 19.1. The molecule has 0 N–H and O–H groups in total. The van der Waals surface area contributed by atoms with Crippen LogP contribution < -0.4 is 5.56 Å². The minimum atomic E-state index is 0.146. The van der Waals surface area contributed by atoms with Gasteiger partial charge in [-0.05, 0) is 47.2 Å². The number of aromatic nitrogens is 1. The van der Waals surface area contributed by atoms with Crippen molar-refractivity contribution in [3.8, 4) is 0 Å². The Morgan fingerprint density at radius 2 is 1.89 bits per heavy atom. The number of aryl methyl sites for hydroxylation is 1. The summed E-state index contributed by atoms with van der Waals surface area (Å²) in [5.41, 5.74) is 1.20. The van der Waals surface area contributed by atoms with Crippen LogP contribution in [0, 0.1) is 12.3 Å². The molecule has 2 rings (SSSR count). The molecule has 0 aliphatic heterocycles. The van der Waals surface area contributed by atoms with E-state index in [1.165, 1.54) is 38.5 Å². The Bertz CT molecular complexity index is 487. The first-order valence-electron chi connectivity index (χ1n) is 6.99. The van der Waals surface area contributed by atoms with E-state index in [0.717, 1.165) is 21.9 Å². The predicted octanol–water partition coefficient (Wildman–Crippen LogP) is 4.65. The maximum Gasteiger partial charge on any atom is 0.253 e. The van der Waals surface area contributed by atoms with Crippen molar-refractivity contribution >= 4 is 31.9 Å². The van der Waals surface area contributed by atoms with E-state index in [1.807, 2.05) is 23.8 Å². The Labute approximate surface area is 131 Å². The standard InChI is InChI=1S/C15H21Br2NO/c1-12-8-13(17)9-18(14(12)19)11-15(10-16)6-4-2-3-5-7-15/h8-9H,2-7,10-11H2,1H3. The Balaban J connectivity index is 2.29. The van der Waals surface area contributed by atoms with Gasteiger partial charge in [0, 0.05) is 28.1 Å². The fraction of sp³-hybridized carbons (Fsp3) is 0.667. The third kappa shape index (κ3) is 3.72. The number of hydrogen-bond donors (Lipinski definition) is 0. The summed E-state index contributed by atoms with van der Waals surface area (Å²) in [6.45, 7) is 2.72. The van der Waals surface area contributed by atoms with Crippen LogP contribution in [0.15, 0.2) is 21.5 Å². The number of nitrogens with zero attached hydrogens (tertiary/aromatic N) is 1. The average Bonchev–Trinajstić information content (AvgIpc) is 2.61. The first kappa shape index (κ1) is 15.3. The van der Waals surface area contributed by atoms with Crippen molar-refractivity contribution in [3.05, 3.63) is 32.7 Å². The van der Waals surface area contributed by atoms with Crippen LogP contribution in [-0.4, -0.2) is 9.90 Å². The molecule has 1 aliphatic carbocycles. The average molecular weight is 391 g/mol. The lowest BCUT2D eigenvalue weighted by atomic mass is 9.82. The van der Waals surface area contributed by atoms with Crippen molar-refractivity contribution in [2.24, 2.45) is 5.41 Å². The van der Waals surface area contributed by atoms with E-state index < -0.39 is 0 Å². The summed E-state index contributed by atoms with van der Waals surface area (Å²) in [4.78, 5) is 12.3. The number of pyridine rings is 1. The molecule has 0 unspecified atom stereocenters. The zero-order chi connectivity index (χ0) is 13.9. The van der Waals surface area contributed by atoms with Crippen LogP contribution >= 0.6 is 31.9 Å². The summed E-state index contributed by atoms with van der Waals surface area (Å²) in [5, 5.41) is 0.984. The monoisotopic (exact) mass is 389 g/mol. The summed E-state index contributed by atoms with van der Waals surface area (Å²) in [6, 6.07) is 1.90. The molecule has 106 valence electrons. The molecule has 4 heteroatoms. The van der Waals surface area contributed by atoms with Crippen LogP contribution in [0.5, 0.6) is 0 Å². The molecule has 1 saturated carbocycles. The van der Waals surface area contributed by atoms with Gasteiger partial charge in [-0.2, -0.15) is 0 Å². The van der Waals surface area contributed by atoms with E-state index in [4.69, 9.17) is 0 Å². The van der Waals surface area contributed by atoms with Crippen LogP contribution in [0.4, 0.5) is 0 Å². The molecule has 0 radical (unpaired) electrons. The number of hydrogen-bond acceptors (Lipinski definition) is 1. The van der Waals surface area contributed by atoms with Gasteiger partial charge < -0.3 is 4.57 Å². The van der Waals surface area contributed by atoms with Gasteiger partial charge in [-0.3, -0.25) is 4.79 Å². The van der Waals surface area contributed by atoms with Crippen LogP contribution in [0.2, 0.25) is 0 Å². The van der Waals surface area contributed by atoms with Crippen molar-refractivity contribution in [1.29, 1.82) is 0 Å². The van der Waals surface area contributed by atoms with Gasteiger partial charge in [0.05, 0.1) is 0 Å². The van der Waals surface area contributed by atoms with Gasteiger partial charge in [-0.15, -0.1) is 0 Å². The quantitative estimate of drug-likeness (QED) is 0.543. The van der Waals surface area contributed by atoms with E-state index in [0.29, 0.717) is 0 Å². The second-order valence-corrected chi connectivity index (χ2v) is 7.30. The molecule has 0 saturated heterocycles. The van der Waals surface area contributed by atoms with Gasteiger partial charge in [0.25, 0.3) is 5.56 Å². The van der Waals surface area contributed by atoms with Crippen molar-refractivity contribution in [2.75, 3.05) is 5.33 Å². The highest BCUT2D eigenvalue weighted by Gasteiger charge is 2.30. The number of alkyl halides is 1. The molecule has 0 spiro atoms. The second kappa shape index (κ2) is 6.57. The first-order chi connectivity index (χ1) is 9.06. The van der Waals surface area contributed by atoms with E-state index >= 15 is 0 Å². The number of rotatable bonds is 3. The van der Waals surface area contributed by atoms with Gasteiger partial charge in [0.15, 0.2) is 0 Å². The first-order valence-corrected chi connectivity index (χ1v) is 8.90. The van der Waals surface area contributed by atoms with Gasteiger partial charge in [-0.1, -0.05) is 41.6 Å². The Kier molecular flexibility index (Phi) is 5.29. The third-order valence-electron chi connectivity index (χ3n) is 4.19. The lowest BCUT2D eigenvalue weighted by Gasteiger charge is -2.31. The van der Waals surface area contributed by atoms with Crippen molar-refractivity contribution < 1.29 is 0 Å². The molecule has 1 aromatic rings. The lowest BCUT2D eigenvalue weighted by Crippen LogP contribution is -2.34. The molecule has 1 aromatic heterocycles. The minimum absolute atomic E-state index is 0.146. The van der Waals surface area contributed by atoms with E-state index in [-0.39, 0.29) is 11.0 Å². The zero-order valence-electron chi connectivity index (χ0n) is 11.4. The summed E-state index contributed by atoms with van der Waals surface area (Å²) in [5.74, 6) is 0. The molecule has 19 heavy (non-hydrogen) atoms.